The van der Waals surface area contributed by atoms with Gasteiger partial charge in [0.2, 0.25) is 5.91 Å². The molecule has 1 aliphatic heterocycles. The third-order valence-electron chi connectivity index (χ3n) is 5.65. The van der Waals surface area contributed by atoms with Crippen LogP contribution in [0.4, 0.5) is 4.79 Å². The van der Waals surface area contributed by atoms with Gasteiger partial charge in [-0.2, -0.15) is 0 Å². The van der Waals surface area contributed by atoms with Crippen molar-refractivity contribution < 1.29 is 14.4 Å². The van der Waals surface area contributed by atoms with Crippen LogP contribution < -0.4 is 5.32 Å². The van der Waals surface area contributed by atoms with E-state index in [1.165, 1.54) is 0 Å². The van der Waals surface area contributed by atoms with Crippen molar-refractivity contribution in [2.45, 2.75) is 38.3 Å². The van der Waals surface area contributed by atoms with E-state index in [2.05, 4.69) is 21.2 Å². The van der Waals surface area contributed by atoms with Crippen molar-refractivity contribution in [2.24, 2.45) is 0 Å². The molecule has 2 heterocycles. The third-order valence-corrected chi connectivity index (χ3v) is 7.26. The van der Waals surface area contributed by atoms with E-state index >= 15 is 0 Å². The van der Waals surface area contributed by atoms with Gasteiger partial charge in [0.15, 0.2) is 0 Å². The summed E-state index contributed by atoms with van der Waals surface area (Å²) in [5.74, 6) is -0.556. The Balaban J connectivity index is 1.53. The number of rotatable bonds is 5. The predicted octanol–water partition coefficient (Wildman–Crippen LogP) is 3.64. The Labute approximate surface area is 182 Å². The molecule has 1 aromatic heterocycles. The van der Waals surface area contributed by atoms with E-state index in [-0.39, 0.29) is 18.4 Å². The van der Waals surface area contributed by atoms with Gasteiger partial charge < -0.3 is 10.2 Å². The van der Waals surface area contributed by atoms with Crippen molar-refractivity contribution in [1.29, 1.82) is 0 Å². The summed E-state index contributed by atoms with van der Waals surface area (Å²) in [6.45, 7) is 2.62. The lowest BCUT2D eigenvalue weighted by molar-refractivity contribution is -0.139. The van der Waals surface area contributed by atoms with Crippen LogP contribution >= 0.6 is 27.3 Å². The van der Waals surface area contributed by atoms with Gasteiger partial charge in [0, 0.05) is 11.4 Å². The molecule has 4 amide bonds. The van der Waals surface area contributed by atoms with Crippen molar-refractivity contribution in [2.75, 3.05) is 13.1 Å². The monoisotopic (exact) mass is 475 g/mol. The van der Waals surface area contributed by atoms with E-state index in [0.717, 1.165) is 37.5 Å². The Morgan fingerprint density at radius 3 is 2.79 bits per heavy atom. The maximum absolute atomic E-state index is 13.3. The summed E-state index contributed by atoms with van der Waals surface area (Å²) in [6, 6.07) is 11.2. The molecule has 1 N–H and O–H groups in total. The minimum Gasteiger partial charge on any atom is -0.336 e. The van der Waals surface area contributed by atoms with E-state index in [1.807, 2.05) is 43.3 Å². The number of fused-ring (bicyclic) bond motifs is 2. The maximum Gasteiger partial charge on any atom is 0.325 e. The molecule has 2 aromatic rings. The van der Waals surface area contributed by atoms with Crippen LogP contribution in [0.5, 0.6) is 0 Å². The van der Waals surface area contributed by atoms with Gasteiger partial charge >= 0.3 is 6.03 Å². The molecule has 152 valence electrons. The zero-order chi connectivity index (χ0) is 20.6. The van der Waals surface area contributed by atoms with Crippen molar-refractivity contribution in [3.63, 3.8) is 0 Å². The molecular formula is C21H22BrN3O3S. The SMILES string of the molecule is CCN(Cc1ccc(Br)s1)C(=O)CN1C(=O)NC2(CCCc3ccccc32)C1=O. The molecule has 1 aliphatic carbocycles. The third kappa shape index (κ3) is 3.59. The highest BCUT2D eigenvalue weighted by Gasteiger charge is 2.54. The highest BCUT2D eigenvalue weighted by Crippen LogP contribution is 2.39. The van der Waals surface area contributed by atoms with Crippen LogP contribution in [0.15, 0.2) is 40.2 Å². The number of urea groups is 1. The number of amides is 4. The van der Waals surface area contributed by atoms with Crippen LogP contribution in [0, 0.1) is 0 Å². The lowest BCUT2D eigenvalue weighted by Crippen LogP contribution is -2.47. The van der Waals surface area contributed by atoms with Crippen LogP contribution in [0.2, 0.25) is 0 Å². The molecule has 0 saturated carbocycles. The number of hydrogen-bond donors (Lipinski definition) is 1. The minimum atomic E-state index is -1.04. The molecule has 0 bridgehead atoms. The number of nitrogens with zero attached hydrogens (tertiary/aromatic N) is 2. The summed E-state index contributed by atoms with van der Waals surface area (Å²) in [7, 11) is 0. The number of halogens is 1. The molecule has 1 aromatic carbocycles. The summed E-state index contributed by atoms with van der Waals surface area (Å²) < 4.78 is 1.00. The summed E-state index contributed by atoms with van der Waals surface area (Å²) in [5.41, 5.74) is 0.899. The number of likely N-dealkylation sites (N-methyl/N-ethyl adjacent to an activating group) is 1. The number of aryl methyl sites for hydroxylation is 1. The van der Waals surface area contributed by atoms with Crippen LogP contribution in [0.3, 0.4) is 0 Å². The Kier molecular flexibility index (Phi) is 5.48. The standard InChI is InChI=1S/C21H22BrN3O3S/c1-2-24(12-15-9-10-17(22)29-15)18(26)13-25-19(27)21(23-20(25)28)11-5-7-14-6-3-4-8-16(14)21/h3-4,6,8-10H,2,5,7,11-13H2,1H3,(H,23,28). The van der Waals surface area contributed by atoms with Gasteiger partial charge in [0.25, 0.3) is 5.91 Å². The number of carbonyl (C=O) groups excluding carboxylic acids is 3. The quantitative estimate of drug-likeness (QED) is 0.670. The molecule has 6 nitrogen and oxygen atoms in total. The van der Waals surface area contributed by atoms with Gasteiger partial charge in [-0.05, 0) is 65.4 Å². The average molecular weight is 476 g/mol. The van der Waals surface area contributed by atoms with Crippen molar-refractivity contribution in [3.8, 4) is 0 Å². The number of carbonyl (C=O) groups is 3. The fourth-order valence-electron chi connectivity index (χ4n) is 4.19. The zero-order valence-electron chi connectivity index (χ0n) is 16.1. The topological polar surface area (TPSA) is 69.7 Å². The molecule has 1 atom stereocenters. The number of nitrogens with one attached hydrogen (secondary N) is 1. The van der Waals surface area contributed by atoms with Gasteiger partial charge in [-0.3, -0.25) is 14.5 Å². The summed E-state index contributed by atoms with van der Waals surface area (Å²) >= 11 is 5.00. The van der Waals surface area contributed by atoms with Gasteiger partial charge in [0.05, 0.1) is 10.3 Å². The summed E-state index contributed by atoms with van der Waals surface area (Å²) in [4.78, 5) is 42.7. The van der Waals surface area contributed by atoms with Gasteiger partial charge in [-0.15, -0.1) is 11.3 Å². The fraction of sp³-hybridized carbons (Fsp3) is 0.381. The lowest BCUT2D eigenvalue weighted by Gasteiger charge is -2.33. The van der Waals surface area contributed by atoms with Crippen LogP contribution in [-0.2, 0) is 28.1 Å². The average Bonchev–Trinajstić information content (AvgIpc) is 3.23. The number of benzene rings is 1. The molecule has 1 saturated heterocycles. The van der Waals surface area contributed by atoms with E-state index in [0.29, 0.717) is 19.5 Å². The largest absolute Gasteiger partial charge is 0.336 e. The first kappa shape index (κ1) is 20.1. The van der Waals surface area contributed by atoms with Crippen molar-refractivity contribution in [1.82, 2.24) is 15.1 Å². The second-order valence-corrected chi connectivity index (χ2v) is 9.90. The number of imide groups is 1. The number of hydrogen-bond acceptors (Lipinski definition) is 4. The highest BCUT2D eigenvalue weighted by molar-refractivity contribution is 9.11. The first-order chi connectivity index (χ1) is 13.9. The molecule has 0 radical (unpaired) electrons. The van der Waals surface area contributed by atoms with E-state index in [9.17, 15) is 14.4 Å². The molecule has 2 aliphatic rings. The first-order valence-electron chi connectivity index (χ1n) is 9.69. The highest BCUT2D eigenvalue weighted by atomic mass is 79.9. The smallest absolute Gasteiger partial charge is 0.325 e. The van der Waals surface area contributed by atoms with E-state index in [1.54, 1.807) is 16.2 Å². The van der Waals surface area contributed by atoms with Crippen molar-refractivity contribution >= 4 is 45.1 Å². The summed E-state index contributed by atoms with van der Waals surface area (Å²) in [5, 5.41) is 2.90. The normalized spacial score (nSPS) is 20.7. The van der Waals surface area contributed by atoms with Gasteiger partial charge in [0.1, 0.15) is 12.1 Å². The van der Waals surface area contributed by atoms with Crippen LogP contribution in [0.1, 0.15) is 35.8 Å². The number of thiophene rings is 1. The summed E-state index contributed by atoms with van der Waals surface area (Å²) in [6.07, 6.45) is 2.26. The van der Waals surface area contributed by atoms with E-state index in [4.69, 9.17) is 0 Å². The predicted molar refractivity (Wildman–Crippen MR) is 114 cm³/mol. The molecule has 1 unspecified atom stereocenters. The lowest BCUT2D eigenvalue weighted by atomic mass is 9.76. The molecule has 1 fully saturated rings. The van der Waals surface area contributed by atoms with Crippen molar-refractivity contribution in [3.05, 3.63) is 56.2 Å². The Bertz CT molecular complexity index is 976. The maximum atomic E-state index is 13.3. The Hall–Kier alpha value is -2.19. The van der Waals surface area contributed by atoms with Gasteiger partial charge in [-0.25, -0.2) is 4.79 Å². The molecule has 8 heteroatoms. The second-order valence-electron chi connectivity index (χ2n) is 7.35. The minimum absolute atomic E-state index is 0.235. The second kappa shape index (κ2) is 7.91. The molecular weight excluding hydrogens is 454 g/mol. The molecule has 29 heavy (non-hydrogen) atoms. The molecule has 1 spiro atoms. The Morgan fingerprint density at radius 1 is 1.28 bits per heavy atom. The van der Waals surface area contributed by atoms with Crippen LogP contribution in [0.25, 0.3) is 0 Å². The Morgan fingerprint density at radius 2 is 2.07 bits per heavy atom. The first-order valence-corrected chi connectivity index (χ1v) is 11.3. The van der Waals surface area contributed by atoms with Crippen LogP contribution in [-0.4, -0.2) is 40.7 Å². The molecule has 4 rings (SSSR count). The van der Waals surface area contributed by atoms with Gasteiger partial charge in [-0.1, -0.05) is 24.3 Å². The fourth-order valence-corrected chi connectivity index (χ4v) is 5.69. The van der Waals surface area contributed by atoms with E-state index < -0.39 is 11.6 Å². The zero-order valence-corrected chi connectivity index (χ0v) is 18.5.